The Balaban J connectivity index is 1.93. The smallest absolute Gasteiger partial charge is 0.325 e. The second kappa shape index (κ2) is 5.03. The van der Waals surface area contributed by atoms with Crippen LogP contribution in [0.1, 0.15) is 6.42 Å². The first-order valence-corrected chi connectivity index (χ1v) is 5.70. The molecule has 0 radical (unpaired) electrons. The Morgan fingerprint density at radius 1 is 1.17 bits per heavy atom. The van der Waals surface area contributed by atoms with Crippen molar-refractivity contribution < 1.29 is 19.2 Å². The number of rotatable bonds is 2. The van der Waals surface area contributed by atoms with Gasteiger partial charge in [0, 0.05) is 26.1 Å². The summed E-state index contributed by atoms with van der Waals surface area (Å²) in [6, 6.07) is -0.544. The highest BCUT2D eigenvalue weighted by molar-refractivity contribution is 6.04. The predicted molar refractivity (Wildman–Crippen MR) is 59.3 cm³/mol. The van der Waals surface area contributed by atoms with Gasteiger partial charge in [-0.25, -0.2) is 4.79 Å². The first kappa shape index (κ1) is 12.3. The lowest BCUT2D eigenvalue weighted by atomic mass is 10.3. The van der Waals surface area contributed by atoms with Gasteiger partial charge in [-0.15, -0.1) is 0 Å². The van der Waals surface area contributed by atoms with Gasteiger partial charge in [0.1, 0.15) is 6.54 Å². The van der Waals surface area contributed by atoms with Crippen molar-refractivity contribution in [1.82, 2.24) is 20.4 Å². The second-order valence-electron chi connectivity index (χ2n) is 4.12. The van der Waals surface area contributed by atoms with Crippen molar-refractivity contribution in [3.63, 3.8) is 0 Å². The van der Waals surface area contributed by atoms with Gasteiger partial charge in [0.05, 0.1) is 6.54 Å². The molecule has 98 valence electrons. The molecule has 2 heterocycles. The van der Waals surface area contributed by atoms with Crippen molar-refractivity contribution in [2.75, 3.05) is 32.7 Å². The topological polar surface area (TPSA) is 98.8 Å². The third-order valence-corrected chi connectivity index (χ3v) is 2.90. The van der Waals surface area contributed by atoms with E-state index in [9.17, 15) is 19.2 Å². The molecule has 8 nitrogen and oxygen atoms in total. The van der Waals surface area contributed by atoms with Gasteiger partial charge < -0.3 is 15.5 Å². The van der Waals surface area contributed by atoms with Crippen LogP contribution in [0.25, 0.3) is 0 Å². The minimum absolute atomic E-state index is 0.0633. The SMILES string of the molecule is O=C1CCN(C(=O)CN2C(=O)CNC2=O)CCN1. The number of hydrogen-bond donors (Lipinski definition) is 2. The summed E-state index contributed by atoms with van der Waals surface area (Å²) in [5, 5.41) is 5.00. The van der Waals surface area contributed by atoms with Crippen LogP contribution in [-0.2, 0) is 14.4 Å². The van der Waals surface area contributed by atoms with Gasteiger partial charge >= 0.3 is 6.03 Å². The lowest BCUT2D eigenvalue weighted by molar-refractivity contribution is -0.136. The molecule has 2 aliphatic rings. The molecule has 0 spiro atoms. The summed E-state index contributed by atoms with van der Waals surface area (Å²) in [5.74, 6) is -0.824. The van der Waals surface area contributed by atoms with Gasteiger partial charge in [-0.1, -0.05) is 0 Å². The van der Waals surface area contributed by atoms with E-state index in [1.165, 1.54) is 4.90 Å². The number of amides is 5. The number of nitrogens with one attached hydrogen (secondary N) is 2. The molecule has 8 heteroatoms. The van der Waals surface area contributed by atoms with E-state index in [1.54, 1.807) is 0 Å². The lowest BCUT2D eigenvalue weighted by Crippen LogP contribution is -2.44. The summed E-state index contributed by atoms with van der Waals surface area (Å²) in [4.78, 5) is 48.0. The molecule has 0 aromatic carbocycles. The Labute approximate surface area is 103 Å². The molecule has 0 saturated carbocycles. The lowest BCUT2D eigenvalue weighted by Gasteiger charge is -2.21. The Morgan fingerprint density at radius 2 is 1.94 bits per heavy atom. The quantitative estimate of drug-likeness (QED) is 0.551. The number of imide groups is 1. The highest BCUT2D eigenvalue weighted by Gasteiger charge is 2.31. The van der Waals surface area contributed by atoms with Crippen LogP contribution in [0.15, 0.2) is 0 Å². The van der Waals surface area contributed by atoms with Crippen LogP contribution >= 0.6 is 0 Å². The summed E-state index contributed by atoms with van der Waals surface area (Å²) in [6.45, 7) is 0.776. The molecule has 0 aromatic heterocycles. The highest BCUT2D eigenvalue weighted by Crippen LogP contribution is 2.03. The predicted octanol–water partition coefficient (Wildman–Crippen LogP) is -2.11. The molecule has 0 aromatic rings. The van der Waals surface area contributed by atoms with E-state index in [0.717, 1.165) is 4.90 Å². The number of hydrogen-bond acceptors (Lipinski definition) is 4. The fourth-order valence-corrected chi connectivity index (χ4v) is 1.87. The molecule has 2 fully saturated rings. The van der Waals surface area contributed by atoms with Crippen LogP contribution in [0.3, 0.4) is 0 Å². The zero-order chi connectivity index (χ0) is 13.1. The number of urea groups is 1. The van der Waals surface area contributed by atoms with Crippen molar-refractivity contribution in [2.24, 2.45) is 0 Å². The van der Waals surface area contributed by atoms with Crippen molar-refractivity contribution in [1.29, 1.82) is 0 Å². The van der Waals surface area contributed by atoms with Crippen LogP contribution in [0.5, 0.6) is 0 Å². The maximum Gasteiger partial charge on any atom is 0.325 e. The van der Waals surface area contributed by atoms with E-state index in [2.05, 4.69) is 10.6 Å². The van der Waals surface area contributed by atoms with E-state index in [1.807, 2.05) is 0 Å². The Kier molecular flexibility index (Phi) is 3.45. The summed E-state index contributed by atoms with van der Waals surface area (Å²) < 4.78 is 0. The van der Waals surface area contributed by atoms with Crippen LogP contribution in [0.4, 0.5) is 4.79 Å². The van der Waals surface area contributed by atoms with Gasteiger partial charge in [-0.2, -0.15) is 0 Å². The van der Waals surface area contributed by atoms with Gasteiger partial charge in [0.2, 0.25) is 11.8 Å². The van der Waals surface area contributed by atoms with E-state index >= 15 is 0 Å². The van der Waals surface area contributed by atoms with E-state index in [-0.39, 0.29) is 31.3 Å². The summed E-state index contributed by atoms with van der Waals surface area (Å²) in [6.07, 6.45) is 0.242. The van der Waals surface area contributed by atoms with E-state index in [4.69, 9.17) is 0 Å². The fourth-order valence-electron chi connectivity index (χ4n) is 1.87. The Hall–Kier alpha value is -2.12. The largest absolute Gasteiger partial charge is 0.354 e. The molecular weight excluding hydrogens is 240 g/mol. The van der Waals surface area contributed by atoms with Crippen molar-refractivity contribution in [2.45, 2.75) is 6.42 Å². The fraction of sp³-hybridized carbons (Fsp3) is 0.600. The van der Waals surface area contributed by atoms with Gasteiger partial charge in [-0.05, 0) is 0 Å². The molecule has 0 bridgehead atoms. The normalized spacial score (nSPS) is 20.6. The van der Waals surface area contributed by atoms with E-state index < -0.39 is 11.9 Å². The average molecular weight is 254 g/mol. The number of nitrogens with zero attached hydrogens (tertiary/aromatic N) is 2. The molecule has 0 atom stereocenters. The Morgan fingerprint density at radius 3 is 2.61 bits per heavy atom. The van der Waals surface area contributed by atoms with Gasteiger partial charge in [0.25, 0.3) is 5.91 Å². The highest BCUT2D eigenvalue weighted by atomic mass is 16.2. The zero-order valence-corrected chi connectivity index (χ0v) is 9.77. The van der Waals surface area contributed by atoms with E-state index in [0.29, 0.717) is 19.6 Å². The second-order valence-corrected chi connectivity index (χ2v) is 4.12. The van der Waals surface area contributed by atoms with Gasteiger partial charge in [-0.3, -0.25) is 19.3 Å². The molecular formula is C10H14N4O4. The summed E-state index contributed by atoms with van der Waals surface area (Å²) in [5.41, 5.74) is 0. The van der Waals surface area contributed by atoms with Gasteiger partial charge in [0.15, 0.2) is 0 Å². The molecule has 2 saturated heterocycles. The van der Waals surface area contributed by atoms with Crippen molar-refractivity contribution in [3.8, 4) is 0 Å². The molecule has 2 aliphatic heterocycles. The van der Waals surface area contributed by atoms with Crippen LogP contribution in [0, 0.1) is 0 Å². The van der Waals surface area contributed by atoms with Crippen LogP contribution in [0.2, 0.25) is 0 Å². The third kappa shape index (κ3) is 2.58. The molecule has 18 heavy (non-hydrogen) atoms. The van der Waals surface area contributed by atoms with Crippen molar-refractivity contribution in [3.05, 3.63) is 0 Å². The average Bonchev–Trinajstić information content (AvgIpc) is 2.56. The standard InChI is InChI=1S/C10H14N4O4/c15-7-1-3-13(4-2-11-7)9(17)6-14-8(16)5-12-10(14)18/h1-6H2,(H,11,15)(H,12,18). The molecule has 0 aliphatic carbocycles. The summed E-state index contributed by atoms with van der Waals surface area (Å²) >= 11 is 0. The third-order valence-electron chi connectivity index (χ3n) is 2.90. The first-order valence-electron chi connectivity index (χ1n) is 5.70. The number of carbonyl (C=O) groups is 4. The van der Waals surface area contributed by atoms with Crippen LogP contribution in [-0.4, -0.2) is 66.3 Å². The Bertz CT molecular complexity index is 393. The van der Waals surface area contributed by atoms with Crippen molar-refractivity contribution >= 4 is 23.8 Å². The summed E-state index contributed by atoms with van der Waals surface area (Å²) in [7, 11) is 0. The molecule has 2 N–H and O–H groups in total. The molecule has 0 unspecified atom stereocenters. The monoisotopic (exact) mass is 254 g/mol. The maximum absolute atomic E-state index is 11.9. The first-order chi connectivity index (χ1) is 8.58. The minimum Gasteiger partial charge on any atom is -0.354 e. The van der Waals surface area contributed by atoms with Crippen LogP contribution < -0.4 is 10.6 Å². The zero-order valence-electron chi connectivity index (χ0n) is 9.77. The minimum atomic E-state index is -0.544. The molecule has 5 amide bonds. The molecule has 2 rings (SSSR count). The number of carbonyl (C=O) groups excluding carboxylic acids is 4. The maximum atomic E-state index is 11.9.